The third kappa shape index (κ3) is 3.55. The van der Waals surface area contributed by atoms with Crippen molar-refractivity contribution in [1.29, 1.82) is 0 Å². The van der Waals surface area contributed by atoms with E-state index in [1.807, 2.05) is 19.2 Å². The van der Waals surface area contributed by atoms with Gasteiger partial charge in [-0.3, -0.25) is 0 Å². The molecule has 0 aliphatic heterocycles. The highest BCUT2D eigenvalue weighted by molar-refractivity contribution is 7.89. The zero-order chi connectivity index (χ0) is 14.1. The second-order valence-electron chi connectivity index (χ2n) is 5.86. The van der Waals surface area contributed by atoms with Crippen molar-refractivity contribution < 1.29 is 8.42 Å². The van der Waals surface area contributed by atoms with Gasteiger partial charge in [-0.2, -0.15) is 0 Å². The van der Waals surface area contributed by atoms with E-state index in [1.165, 1.54) is 0 Å². The number of hydrogen-bond donors (Lipinski definition) is 2. The van der Waals surface area contributed by atoms with Crippen LogP contribution in [-0.4, -0.2) is 28.1 Å². The van der Waals surface area contributed by atoms with E-state index in [0.717, 1.165) is 24.9 Å². The Hall–Kier alpha value is -0.910. The maximum atomic E-state index is 12.2. The topological polar surface area (TPSA) is 58.2 Å². The van der Waals surface area contributed by atoms with Gasteiger partial charge in [-0.15, -0.1) is 0 Å². The number of rotatable bonds is 6. The molecular formula is C14H22N2O2S. The molecule has 5 heteroatoms. The minimum atomic E-state index is -3.37. The minimum Gasteiger partial charge on any atom is -0.319 e. The smallest absolute Gasteiger partial charge is 0.240 e. The van der Waals surface area contributed by atoms with E-state index in [9.17, 15) is 8.42 Å². The van der Waals surface area contributed by atoms with E-state index in [-0.39, 0.29) is 11.5 Å². The van der Waals surface area contributed by atoms with Crippen molar-refractivity contribution in [2.45, 2.75) is 37.6 Å². The first kappa shape index (κ1) is 14.5. The maximum absolute atomic E-state index is 12.2. The molecule has 1 unspecified atom stereocenters. The molecule has 0 radical (unpaired) electrons. The first-order chi connectivity index (χ1) is 8.85. The van der Waals surface area contributed by atoms with Gasteiger partial charge in [-0.05, 0) is 49.5 Å². The number of hydrogen-bond acceptors (Lipinski definition) is 3. The number of sulfonamides is 1. The van der Waals surface area contributed by atoms with Crippen LogP contribution < -0.4 is 10.0 Å². The molecular weight excluding hydrogens is 260 g/mol. The van der Waals surface area contributed by atoms with Gasteiger partial charge in [0.25, 0.3) is 0 Å². The molecule has 1 aliphatic carbocycles. The fourth-order valence-electron chi connectivity index (χ4n) is 2.03. The summed E-state index contributed by atoms with van der Waals surface area (Å²) >= 11 is 0. The zero-order valence-electron chi connectivity index (χ0n) is 11.7. The number of likely N-dealkylation sites (N-methyl/N-ethyl adjacent to an activating group) is 1. The fraction of sp³-hybridized carbons (Fsp3) is 0.571. The molecule has 0 heterocycles. The lowest BCUT2D eigenvalue weighted by Gasteiger charge is -2.09. The largest absolute Gasteiger partial charge is 0.319 e. The summed E-state index contributed by atoms with van der Waals surface area (Å²) in [5.41, 5.74) is 1.24. The summed E-state index contributed by atoms with van der Waals surface area (Å²) in [6.07, 6.45) is 1.81. The molecule has 0 amide bonds. The van der Waals surface area contributed by atoms with Gasteiger partial charge in [0, 0.05) is 6.04 Å². The van der Waals surface area contributed by atoms with Crippen molar-refractivity contribution in [3.05, 3.63) is 29.8 Å². The SMILES string of the molecule is CNCCc1ccc(S(=O)(=O)NC2CC2(C)C)cc1. The van der Waals surface area contributed by atoms with Crippen molar-refractivity contribution in [1.82, 2.24) is 10.0 Å². The van der Waals surface area contributed by atoms with Crippen LogP contribution >= 0.6 is 0 Å². The number of benzene rings is 1. The Labute approximate surface area is 115 Å². The van der Waals surface area contributed by atoms with Gasteiger partial charge in [0.15, 0.2) is 0 Å². The predicted molar refractivity (Wildman–Crippen MR) is 76.6 cm³/mol. The second kappa shape index (κ2) is 5.23. The summed E-state index contributed by atoms with van der Waals surface area (Å²) in [5, 5.41) is 3.07. The quantitative estimate of drug-likeness (QED) is 0.832. The van der Waals surface area contributed by atoms with Crippen LogP contribution in [0.25, 0.3) is 0 Å². The van der Waals surface area contributed by atoms with Gasteiger partial charge >= 0.3 is 0 Å². The Bertz CT molecular complexity index is 535. The van der Waals surface area contributed by atoms with Gasteiger partial charge in [0.2, 0.25) is 10.0 Å². The third-order valence-electron chi connectivity index (χ3n) is 3.71. The standard InChI is InChI=1S/C14H22N2O2S/c1-14(2)10-13(14)16-19(17,18)12-6-4-11(5-7-12)8-9-15-3/h4-7,13,15-16H,8-10H2,1-3H3. The highest BCUT2D eigenvalue weighted by Gasteiger charge is 2.47. The first-order valence-electron chi connectivity index (χ1n) is 6.61. The Morgan fingerprint density at radius 3 is 2.32 bits per heavy atom. The minimum absolute atomic E-state index is 0.0708. The normalized spacial score (nSPS) is 21.3. The highest BCUT2D eigenvalue weighted by atomic mass is 32.2. The van der Waals surface area contributed by atoms with Crippen LogP contribution in [0.15, 0.2) is 29.2 Å². The Balaban J connectivity index is 2.04. The molecule has 19 heavy (non-hydrogen) atoms. The summed E-state index contributed by atoms with van der Waals surface area (Å²) in [6, 6.07) is 7.20. The third-order valence-corrected chi connectivity index (χ3v) is 5.20. The second-order valence-corrected chi connectivity index (χ2v) is 7.58. The maximum Gasteiger partial charge on any atom is 0.240 e. The summed E-state index contributed by atoms with van der Waals surface area (Å²) in [6.45, 7) is 5.03. The number of nitrogens with one attached hydrogen (secondary N) is 2. The van der Waals surface area contributed by atoms with Crippen molar-refractivity contribution >= 4 is 10.0 Å². The van der Waals surface area contributed by atoms with Crippen molar-refractivity contribution in [3.8, 4) is 0 Å². The zero-order valence-corrected chi connectivity index (χ0v) is 12.5. The molecule has 0 bridgehead atoms. The fourth-order valence-corrected chi connectivity index (χ4v) is 3.44. The van der Waals surface area contributed by atoms with Crippen molar-refractivity contribution in [2.75, 3.05) is 13.6 Å². The van der Waals surface area contributed by atoms with Crippen LogP contribution in [0.1, 0.15) is 25.8 Å². The van der Waals surface area contributed by atoms with Crippen LogP contribution in [-0.2, 0) is 16.4 Å². The average Bonchev–Trinajstić information content (AvgIpc) is 2.93. The molecule has 0 aromatic heterocycles. The molecule has 2 rings (SSSR count). The molecule has 1 aliphatic rings. The van der Waals surface area contributed by atoms with Crippen molar-refractivity contribution in [3.63, 3.8) is 0 Å². The van der Waals surface area contributed by atoms with E-state index < -0.39 is 10.0 Å². The molecule has 0 spiro atoms. The van der Waals surface area contributed by atoms with Gasteiger partial charge in [-0.25, -0.2) is 13.1 Å². The predicted octanol–water partition coefficient (Wildman–Crippen LogP) is 1.53. The Morgan fingerprint density at radius 1 is 1.26 bits per heavy atom. The van der Waals surface area contributed by atoms with Crippen LogP contribution in [0, 0.1) is 5.41 Å². The van der Waals surface area contributed by atoms with Crippen LogP contribution in [0.5, 0.6) is 0 Å². The van der Waals surface area contributed by atoms with E-state index in [0.29, 0.717) is 4.90 Å². The molecule has 1 atom stereocenters. The van der Waals surface area contributed by atoms with Crippen molar-refractivity contribution in [2.24, 2.45) is 5.41 Å². The molecule has 1 saturated carbocycles. The Kier molecular flexibility index (Phi) is 3.99. The molecule has 2 N–H and O–H groups in total. The molecule has 0 saturated heterocycles. The van der Waals surface area contributed by atoms with Gasteiger partial charge in [-0.1, -0.05) is 26.0 Å². The lowest BCUT2D eigenvalue weighted by Crippen LogP contribution is -2.28. The lowest BCUT2D eigenvalue weighted by atomic mass is 10.1. The summed E-state index contributed by atoms with van der Waals surface area (Å²) < 4.78 is 27.1. The summed E-state index contributed by atoms with van der Waals surface area (Å²) in [5.74, 6) is 0. The first-order valence-corrected chi connectivity index (χ1v) is 8.09. The van der Waals surface area contributed by atoms with E-state index in [1.54, 1.807) is 12.1 Å². The van der Waals surface area contributed by atoms with Gasteiger partial charge in [0.05, 0.1) is 4.90 Å². The average molecular weight is 282 g/mol. The van der Waals surface area contributed by atoms with Crippen LogP contribution in [0.4, 0.5) is 0 Å². The highest BCUT2D eigenvalue weighted by Crippen LogP contribution is 2.45. The molecule has 106 valence electrons. The summed E-state index contributed by atoms with van der Waals surface area (Å²) in [7, 11) is -1.47. The van der Waals surface area contributed by atoms with Crippen LogP contribution in [0.2, 0.25) is 0 Å². The van der Waals surface area contributed by atoms with E-state index >= 15 is 0 Å². The molecule has 1 aromatic carbocycles. The monoisotopic (exact) mass is 282 g/mol. The van der Waals surface area contributed by atoms with Crippen LogP contribution in [0.3, 0.4) is 0 Å². The summed E-state index contributed by atoms with van der Waals surface area (Å²) in [4.78, 5) is 0.350. The van der Waals surface area contributed by atoms with Gasteiger partial charge in [0.1, 0.15) is 0 Å². The molecule has 1 aromatic rings. The lowest BCUT2D eigenvalue weighted by molar-refractivity contribution is 0.555. The Morgan fingerprint density at radius 2 is 1.84 bits per heavy atom. The molecule has 1 fully saturated rings. The van der Waals surface area contributed by atoms with E-state index in [4.69, 9.17) is 0 Å². The van der Waals surface area contributed by atoms with Gasteiger partial charge < -0.3 is 5.32 Å². The molecule has 4 nitrogen and oxygen atoms in total. The van der Waals surface area contributed by atoms with E-state index in [2.05, 4.69) is 23.9 Å².